The zero-order valence-corrected chi connectivity index (χ0v) is 8.26. The minimum absolute atomic E-state index is 0.188. The van der Waals surface area contributed by atoms with Gasteiger partial charge < -0.3 is 4.42 Å². The Morgan fingerprint density at radius 3 is 2.64 bits per heavy atom. The second kappa shape index (κ2) is 3.48. The van der Waals surface area contributed by atoms with Gasteiger partial charge in [0.15, 0.2) is 0 Å². The lowest BCUT2D eigenvalue weighted by molar-refractivity contribution is 0.527. The smallest absolute Gasteiger partial charge is 0.388 e. The van der Waals surface area contributed by atoms with Gasteiger partial charge in [0.1, 0.15) is 0 Å². The normalized spacial score (nSPS) is 10.4. The number of nitrogens with one attached hydrogen (secondary N) is 1. The summed E-state index contributed by atoms with van der Waals surface area (Å²) in [5.41, 5.74) is 0.595. The van der Waals surface area contributed by atoms with Gasteiger partial charge in [-0.3, -0.25) is 0 Å². The minimum atomic E-state index is -0.605. The molecule has 0 aliphatic heterocycles. The molecule has 1 N–H and O–H groups in total. The lowest BCUT2D eigenvalue weighted by Gasteiger charge is -1.96. The van der Waals surface area contributed by atoms with E-state index in [1.165, 1.54) is 0 Å². The molecule has 0 unspecified atom stereocenters. The summed E-state index contributed by atoms with van der Waals surface area (Å²) in [5, 5.41) is 6.63. The third kappa shape index (κ3) is 1.66. The van der Waals surface area contributed by atoms with Gasteiger partial charge in [-0.2, -0.15) is 0 Å². The van der Waals surface area contributed by atoms with E-state index in [2.05, 4.69) is 10.2 Å². The van der Waals surface area contributed by atoms with Crippen molar-refractivity contribution in [3.05, 3.63) is 38.8 Å². The maximum Gasteiger partial charge on any atom is 0.434 e. The highest BCUT2D eigenvalue weighted by Crippen LogP contribution is 2.26. The number of rotatable bonds is 1. The molecule has 0 atom stereocenters. The third-order valence-corrected chi connectivity index (χ3v) is 2.34. The summed E-state index contributed by atoms with van der Waals surface area (Å²) in [4.78, 5) is 10.7. The molecule has 0 aliphatic rings. The van der Waals surface area contributed by atoms with Gasteiger partial charge in [-0.25, -0.2) is 9.89 Å². The van der Waals surface area contributed by atoms with Crippen LogP contribution in [-0.2, 0) is 0 Å². The summed E-state index contributed by atoms with van der Waals surface area (Å²) < 4.78 is 4.74. The van der Waals surface area contributed by atoms with Crippen LogP contribution in [0, 0.1) is 0 Å². The molecule has 1 aromatic carbocycles. The monoisotopic (exact) mass is 230 g/mol. The number of aromatic nitrogens is 2. The van der Waals surface area contributed by atoms with Crippen molar-refractivity contribution < 1.29 is 4.42 Å². The lowest BCUT2D eigenvalue weighted by Crippen LogP contribution is -1.93. The van der Waals surface area contributed by atoms with Crippen LogP contribution in [0.4, 0.5) is 0 Å². The highest BCUT2D eigenvalue weighted by Gasteiger charge is 2.06. The van der Waals surface area contributed by atoms with Crippen LogP contribution in [0.15, 0.2) is 27.4 Å². The van der Waals surface area contributed by atoms with Crippen LogP contribution >= 0.6 is 23.2 Å². The van der Waals surface area contributed by atoms with Gasteiger partial charge in [0.05, 0.1) is 10.0 Å². The van der Waals surface area contributed by atoms with Crippen LogP contribution in [0.5, 0.6) is 0 Å². The van der Waals surface area contributed by atoms with Crippen molar-refractivity contribution in [1.82, 2.24) is 10.2 Å². The van der Waals surface area contributed by atoms with Gasteiger partial charge in [-0.15, -0.1) is 5.10 Å². The predicted octanol–water partition coefficient (Wildman–Crippen LogP) is 2.34. The number of nitrogens with zero attached hydrogens (tertiary/aromatic N) is 1. The van der Waals surface area contributed by atoms with Gasteiger partial charge in [0, 0.05) is 5.56 Å². The maximum atomic E-state index is 10.7. The van der Waals surface area contributed by atoms with Crippen molar-refractivity contribution in [1.29, 1.82) is 0 Å². The molecule has 14 heavy (non-hydrogen) atoms. The van der Waals surface area contributed by atoms with E-state index in [-0.39, 0.29) is 5.89 Å². The number of benzene rings is 1. The first kappa shape index (κ1) is 9.30. The van der Waals surface area contributed by atoms with Crippen LogP contribution < -0.4 is 5.76 Å². The fraction of sp³-hybridized carbons (Fsp3) is 0. The number of aromatic amines is 1. The van der Waals surface area contributed by atoms with Crippen LogP contribution in [0.1, 0.15) is 0 Å². The predicted molar refractivity (Wildman–Crippen MR) is 52.6 cm³/mol. The fourth-order valence-corrected chi connectivity index (χ4v) is 1.28. The Balaban J connectivity index is 2.52. The molecule has 1 aromatic heterocycles. The van der Waals surface area contributed by atoms with Gasteiger partial charge in [-0.1, -0.05) is 23.2 Å². The van der Waals surface area contributed by atoms with E-state index in [0.717, 1.165) is 0 Å². The van der Waals surface area contributed by atoms with E-state index >= 15 is 0 Å². The second-order valence-corrected chi connectivity index (χ2v) is 3.36. The van der Waals surface area contributed by atoms with E-state index in [1.807, 2.05) is 0 Å². The maximum absolute atomic E-state index is 10.7. The van der Waals surface area contributed by atoms with Crippen molar-refractivity contribution >= 4 is 23.2 Å². The van der Waals surface area contributed by atoms with Crippen molar-refractivity contribution in [3.63, 3.8) is 0 Å². The van der Waals surface area contributed by atoms with Gasteiger partial charge in [0.25, 0.3) is 0 Å². The summed E-state index contributed by atoms with van der Waals surface area (Å²) >= 11 is 11.5. The van der Waals surface area contributed by atoms with E-state index in [4.69, 9.17) is 27.6 Å². The molecule has 4 nitrogen and oxygen atoms in total. The molecule has 72 valence electrons. The van der Waals surface area contributed by atoms with Crippen molar-refractivity contribution in [3.8, 4) is 11.5 Å². The molecule has 6 heteroatoms. The molecule has 2 aromatic rings. The lowest BCUT2D eigenvalue weighted by atomic mass is 10.2. The fourth-order valence-electron chi connectivity index (χ4n) is 0.982. The first-order valence-corrected chi connectivity index (χ1v) is 4.43. The van der Waals surface area contributed by atoms with E-state index in [1.54, 1.807) is 18.2 Å². The average Bonchev–Trinajstić information content (AvgIpc) is 2.57. The molecule has 0 amide bonds. The molecular formula is C8H4Cl2N2O2. The van der Waals surface area contributed by atoms with Crippen LogP contribution in [0.3, 0.4) is 0 Å². The molecular weight excluding hydrogens is 227 g/mol. The van der Waals surface area contributed by atoms with E-state index < -0.39 is 5.76 Å². The zero-order chi connectivity index (χ0) is 10.1. The number of hydrogen-bond donors (Lipinski definition) is 1. The van der Waals surface area contributed by atoms with Crippen LogP contribution in [0.2, 0.25) is 10.0 Å². The number of halogens is 2. The average molecular weight is 231 g/mol. The van der Waals surface area contributed by atoms with E-state index in [0.29, 0.717) is 15.6 Å². The Kier molecular flexibility index (Phi) is 2.31. The Hall–Kier alpha value is -1.26. The summed E-state index contributed by atoms with van der Waals surface area (Å²) in [6.45, 7) is 0. The molecule has 0 saturated heterocycles. The van der Waals surface area contributed by atoms with E-state index in [9.17, 15) is 4.79 Å². The standard InChI is InChI=1S/C8H4Cl2N2O2/c9-5-2-1-4(3-6(5)10)7-11-12-8(13)14-7/h1-3H,(H,12,13). The highest BCUT2D eigenvalue weighted by atomic mass is 35.5. The van der Waals surface area contributed by atoms with Gasteiger partial charge in [-0.05, 0) is 18.2 Å². The Bertz CT molecular complexity index is 518. The topological polar surface area (TPSA) is 58.9 Å². The molecule has 0 saturated carbocycles. The largest absolute Gasteiger partial charge is 0.434 e. The van der Waals surface area contributed by atoms with Crippen LogP contribution in [-0.4, -0.2) is 10.2 Å². The molecule has 1 heterocycles. The molecule has 0 aliphatic carbocycles. The SMILES string of the molecule is O=c1[nH]nc(-c2ccc(Cl)c(Cl)c2)o1. The Morgan fingerprint density at radius 1 is 1.29 bits per heavy atom. The van der Waals surface area contributed by atoms with Crippen molar-refractivity contribution in [2.45, 2.75) is 0 Å². The summed E-state index contributed by atoms with van der Waals surface area (Å²) in [6.07, 6.45) is 0. The number of hydrogen-bond acceptors (Lipinski definition) is 3. The zero-order valence-electron chi connectivity index (χ0n) is 6.75. The molecule has 0 bridgehead atoms. The number of H-pyrrole nitrogens is 1. The van der Waals surface area contributed by atoms with Crippen molar-refractivity contribution in [2.75, 3.05) is 0 Å². The quantitative estimate of drug-likeness (QED) is 0.819. The first-order valence-electron chi connectivity index (χ1n) is 3.68. The molecule has 0 spiro atoms. The van der Waals surface area contributed by atoms with Crippen molar-refractivity contribution in [2.24, 2.45) is 0 Å². The summed E-state index contributed by atoms with van der Waals surface area (Å²) in [6, 6.07) is 4.84. The van der Waals surface area contributed by atoms with Gasteiger partial charge in [0.2, 0.25) is 5.89 Å². The molecule has 0 radical (unpaired) electrons. The highest BCUT2D eigenvalue weighted by molar-refractivity contribution is 6.42. The third-order valence-electron chi connectivity index (χ3n) is 1.60. The minimum Gasteiger partial charge on any atom is -0.388 e. The van der Waals surface area contributed by atoms with Crippen LogP contribution in [0.25, 0.3) is 11.5 Å². The Morgan fingerprint density at radius 2 is 2.07 bits per heavy atom. The molecule has 0 fully saturated rings. The second-order valence-electron chi connectivity index (χ2n) is 2.55. The summed E-state index contributed by atoms with van der Waals surface area (Å²) in [5.74, 6) is -0.417. The first-order chi connectivity index (χ1) is 6.66. The molecule has 2 rings (SSSR count). The summed E-state index contributed by atoms with van der Waals surface area (Å²) in [7, 11) is 0. The van der Waals surface area contributed by atoms with Gasteiger partial charge >= 0.3 is 5.76 Å². The Labute approximate surface area is 88.5 Å².